The van der Waals surface area contributed by atoms with Gasteiger partial charge in [0, 0.05) is 12.5 Å². The number of benzene rings is 1. The molecule has 1 aliphatic rings. The molecule has 1 nitrogen and oxygen atoms in total. The van der Waals surface area contributed by atoms with Crippen LogP contribution in [-0.4, -0.2) is 18.3 Å². The molecule has 2 atom stereocenters. The molecular formula is C15H20ClF2N. The van der Waals surface area contributed by atoms with E-state index in [0.717, 1.165) is 24.9 Å². The third kappa shape index (κ3) is 4.43. The first-order valence-electron chi connectivity index (χ1n) is 6.82. The maximum Gasteiger partial charge on any atom is 0.141 e. The van der Waals surface area contributed by atoms with E-state index in [9.17, 15) is 8.78 Å². The molecule has 0 bridgehead atoms. The highest BCUT2D eigenvalue weighted by Gasteiger charge is 2.29. The van der Waals surface area contributed by atoms with Crippen molar-refractivity contribution in [2.75, 3.05) is 6.54 Å². The number of alkyl halides is 1. The Morgan fingerprint density at radius 2 is 2.21 bits per heavy atom. The largest absolute Gasteiger partial charge is 0.314 e. The van der Waals surface area contributed by atoms with Crippen molar-refractivity contribution in [3.8, 4) is 0 Å². The zero-order valence-corrected chi connectivity index (χ0v) is 11.9. The average Bonchev–Trinajstić information content (AvgIpc) is 2.34. The Bertz CT molecular complexity index is 428. The van der Waals surface area contributed by atoms with E-state index in [1.165, 1.54) is 18.6 Å². The molecule has 1 N–H and O–H groups in total. The summed E-state index contributed by atoms with van der Waals surface area (Å²) in [4.78, 5) is 0. The number of hydrogen-bond acceptors (Lipinski definition) is 1. The first-order valence-corrected chi connectivity index (χ1v) is 7.20. The van der Waals surface area contributed by atoms with Crippen molar-refractivity contribution in [2.45, 2.75) is 50.7 Å². The lowest BCUT2D eigenvalue weighted by Crippen LogP contribution is -2.40. The molecule has 1 heterocycles. The minimum Gasteiger partial charge on any atom is -0.314 e. The fourth-order valence-corrected chi connectivity index (χ4v) is 2.96. The first kappa shape index (κ1) is 14.7. The van der Waals surface area contributed by atoms with Gasteiger partial charge in [-0.2, -0.15) is 0 Å². The fraction of sp³-hybridized carbons (Fsp3) is 0.600. The molecule has 4 heteroatoms. The summed E-state index contributed by atoms with van der Waals surface area (Å²) < 4.78 is 27.7. The molecule has 0 aliphatic carbocycles. The molecule has 0 aromatic heterocycles. The van der Waals surface area contributed by atoms with Gasteiger partial charge >= 0.3 is 0 Å². The number of halogens is 3. The van der Waals surface area contributed by atoms with Crippen molar-refractivity contribution in [2.24, 2.45) is 0 Å². The Balaban J connectivity index is 1.96. The van der Waals surface area contributed by atoms with Crippen molar-refractivity contribution >= 4 is 11.6 Å². The standard InChI is InChI=1S/C15H20ClF2N/c1-15(18,10-12-4-2-3-7-19-12)9-11-5-6-14(17)13(16)8-11/h5-6,8,12,19H,2-4,7,9-10H2,1H3. The number of rotatable bonds is 4. The molecule has 2 rings (SSSR count). The summed E-state index contributed by atoms with van der Waals surface area (Å²) in [6, 6.07) is 4.67. The van der Waals surface area contributed by atoms with E-state index in [1.807, 2.05) is 0 Å². The Morgan fingerprint density at radius 3 is 2.84 bits per heavy atom. The summed E-state index contributed by atoms with van der Waals surface area (Å²) >= 11 is 5.72. The van der Waals surface area contributed by atoms with Gasteiger partial charge in [-0.15, -0.1) is 0 Å². The van der Waals surface area contributed by atoms with E-state index in [4.69, 9.17) is 11.6 Å². The van der Waals surface area contributed by atoms with Crippen LogP contribution in [0.15, 0.2) is 18.2 Å². The van der Waals surface area contributed by atoms with Crippen LogP contribution in [0.5, 0.6) is 0 Å². The number of piperidine rings is 1. The van der Waals surface area contributed by atoms with Crippen molar-refractivity contribution in [3.05, 3.63) is 34.6 Å². The Morgan fingerprint density at radius 1 is 1.42 bits per heavy atom. The van der Waals surface area contributed by atoms with Gasteiger partial charge in [-0.1, -0.05) is 24.1 Å². The maximum atomic E-state index is 14.6. The van der Waals surface area contributed by atoms with Gasteiger partial charge in [-0.3, -0.25) is 0 Å². The van der Waals surface area contributed by atoms with E-state index < -0.39 is 11.5 Å². The third-order valence-electron chi connectivity index (χ3n) is 3.64. The second kappa shape index (κ2) is 6.19. The van der Waals surface area contributed by atoms with Gasteiger partial charge in [0.25, 0.3) is 0 Å². The molecule has 1 aliphatic heterocycles. The van der Waals surface area contributed by atoms with Crippen LogP contribution >= 0.6 is 11.6 Å². The average molecular weight is 288 g/mol. The molecule has 0 amide bonds. The topological polar surface area (TPSA) is 12.0 Å². The highest BCUT2D eigenvalue weighted by Crippen LogP contribution is 2.27. The van der Waals surface area contributed by atoms with E-state index in [1.54, 1.807) is 13.0 Å². The second-order valence-electron chi connectivity index (χ2n) is 5.69. The molecule has 19 heavy (non-hydrogen) atoms. The van der Waals surface area contributed by atoms with Gasteiger partial charge in [0.05, 0.1) is 5.02 Å². The SMILES string of the molecule is CC(F)(Cc1ccc(F)c(Cl)c1)CC1CCCCN1. The minimum absolute atomic E-state index is 0.0593. The van der Waals surface area contributed by atoms with Crippen molar-refractivity contribution in [1.29, 1.82) is 0 Å². The quantitative estimate of drug-likeness (QED) is 0.871. The summed E-state index contributed by atoms with van der Waals surface area (Å²) in [5.74, 6) is -0.458. The zero-order valence-electron chi connectivity index (χ0n) is 11.2. The normalized spacial score (nSPS) is 23.1. The molecule has 1 saturated heterocycles. The molecular weight excluding hydrogens is 268 g/mol. The predicted octanol–water partition coefficient (Wildman–Crippen LogP) is 4.28. The molecule has 0 saturated carbocycles. The van der Waals surface area contributed by atoms with Crippen LogP contribution in [0.1, 0.15) is 38.2 Å². The van der Waals surface area contributed by atoms with Crippen LogP contribution in [0.25, 0.3) is 0 Å². The van der Waals surface area contributed by atoms with E-state index in [0.29, 0.717) is 6.42 Å². The van der Waals surface area contributed by atoms with Crippen LogP contribution in [0.3, 0.4) is 0 Å². The van der Waals surface area contributed by atoms with Gasteiger partial charge < -0.3 is 5.32 Å². The monoisotopic (exact) mass is 287 g/mol. The van der Waals surface area contributed by atoms with Gasteiger partial charge in [0.15, 0.2) is 0 Å². The van der Waals surface area contributed by atoms with Crippen molar-refractivity contribution in [1.82, 2.24) is 5.32 Å². The lowest BCUT2D eigenvalue weighted by atomic mass is 9.88. The summed E-state index contributed by atoms with van der Waals surface area (Å²) in [5.41, 5.74) is -0.553. The second-order valence-corrected chi connectivity index (χ2v) is 6.10. The van der Waals surface area contributed by atoms with Crippen LogP contribution in [0.2, 0.25) is 5.02 Å². The van der Waals surface area contributed by atoms with E-state index in [2.05, 4.69) is 5.32 Å². The van der Waals surface area contributed by atoms with Crippen LogP contribution in [-0.2, 0) is 6.42 Å². The molecule has 1 aromatic rings. The molecule has 106 valence electrons. The third-order valence-corrected chi connectivity index (χ3v) is 3.93. The van der Waals surface area contributed by atoms with Crippen LogP contribution < -0.4 is 5.32 Å². The van der Waals surface area contributed by atoms with Crippen LogP contribution in [0, 0.1) is 5.82 Å². The smallest absolute Gasteiger partial charge is 0.141 e. The van der Waals surface area contributed by atoms with Crippen molar-refractivity contribution in [3.63, 3.8) is 0 Å². The van der Waals surface area contributed by atoms with E-state index in [-0.39, 0.29) is 17.5 Å². The van der Waals surface area contributed by atoms with Gasteiger partial charge in [-0.05, 0) is 50.4 Å². The Hall–Kier alpha value is -0.670. The zero-order chi connectivity index (χ0) is 13.9. The van der Waals surface area contributed by atoms with Crippen molar-refractivity contribution < 1.29 is 8.78 Å². The highest BCUT2D eigenvalue weighted by molar-refractivity contribution is 6.30. The maximum absolute atomic E-state index is 14.6. The number of nitrogens with one attached hydrogen (secondary N) is 1. The first-order chi connectivity index (χ1) is 8.96. The lowest BCUT2D eigenvalue weighted by Gasteiger charge is -2.30. The summed E-state index contributed by atoms with van der Waals surface area (Å²) in [6.45, 7) is 2.59. The van der Waals surface area contributed by atoms with E-state index >= 15 is 0 Å². The van der Waals surface area contributed by atoms with Gasteiger partial charge in [-0.25, -0.2) is 8.78 Å². The lowest BCUT2D eigenvalue weighted by molar-refractivity contribution is 0.146. The summed E-state index contributed by atoms with van der Waals surface area (Å²) in [7, 11) is 0. The Kier molecular flexibility index (Phi) is 4.80. The molecule has 1 aromatic carbocycles. The summed E-state index contributed by atoms with van der Waals surface area (Å²) in [6.07, 6.45) is 4.13. The summed E-state index contributed by atoms with van der Waals surface area (Å²) in [5, 5.41) is 3.41. The molecule has 0 spiro atoms. The van der Waals surface area contributed by atoms with Gasteiger partial charge in [0.2, 0.25) is 0 Å². The van der Waals surface area contributed by atoms with Crippen LogP contribution in [0.4, 0.5) is 8.78 Å². The highest BCUT2D eigenvalue weighted by atomic mass is 35.5. The predicted molar refractivity (Wildman–Crippen MR) is 74.9 cm³/mol. The Labute approximate surface area is 118 Å². The van der Waals surface area contributed by atoms with Gasteiger partial charge in [0.1, 0.15) is 11.5 Å². The number of hydrogen-bond donors (Lipinski definition) is 1. The molecule has 2 unspecified atom stereocenters. The fourth-order valence-electron chi connectivity index (χ4n) is 2.76. The molecule has 1 fully saturated rings. The minimum atomic E-state index is -1.30. The molecule has 0 radical (unpaired) electrons.